The second kappa shape index (κ2) is 5.95. The number of nitrogens with one attached hydrogen (secondary N) is 1. The molecule has 4 aromatic rings. The van der Waals surface area contributed by atoms with Crippen LogP contribution in [0, 0.1) is 6.92 Å². The van der Waals surface area contributed by atoms with E-state index in [-0.39, 0.29) is 5.56 Å². The predicted octanol–water partition coefficient (Wildman–Crippen LogP) is 1.88. The van der Waals surface area contributed by atoms with Crippen LogP contribution in [0.2, 0.25) is 0 Å². The van der Waals surface area contributed by atoms with E-state index < -0.39 is 0 Å². The van der Waals surface area contributed by atoms with Crippen LogP contribution in [0.3, 0.4) is 0 Å². The van der Waals surface area contributed by atoms with Crippen molar-refractivity contribution in [3.8, 4) is 11.3 Å². The summed E-state index contributed by atoms with van der Waals surface area (Å²) in [6.07, 6.45) is 4.21. The molecule has 1 aliphatic rings. The summed E-state index contributed by atoms with van der Waals surface area (Å²) in [5, 5.41) is 7.39. The lowest BCUT2D eigenvalue weighted by molar-refractivity contribution is 0.235. The maximum Gasteiger partial charge on any atom is 0.277 e. The van der Waals surface area contributed by atoms with Crippen molar-refractivity contribution in [2.45, 2.75) is 26.4 Å². The quantitative estimate of drug-likeness (QED) is 0.600. The van der Waals surface area contributed by atoms with Gasteiger partial charge in [0.05, 0.1) is 28.9 Å². The summed E-state index contributed by atoms with van der Waals surface area (Å²) in [5.74, 6) is 0.807. The zero-order valence-corrected chi connectivity index (χ0v) is 15.3. The van der Waals surface area contributed by atoms with E-state index in [4.69, 9.17) is 9.40 Å². The lowest BCUT2D eigenvalue weighted by atomic mass is 10.1. The smallest absolute Gasteiger partial charge is 0.277 e. The van der Waals surface area contributed by atoms with E-state index in [9.17, 15) is 4.79 Å². The minimum atomic E-state index is -0.0305. The molecule has 0 aliphatic carbocycles. The number of furan rings is 1. The van der Waals surface area contributed by atoms with Gasteiger partial charge in [-0.05, 0) is 19.1 Å². The second-order valence-electron chi connectivity index (χ2n) is 7.00. The fourth-order valence-electron chi connectivity index (χ4n) is 3.76. The van der Waals surface area contributed by atoms with Crippen molar-refractivity contribution in [1.82, 2.24) is 29.3 Å². The van der Waals surface area contributed by atoms with Crippen LogP contribution in [0.15, 0.2) is 39.9 Å². The number of rotatable bonds is 3. The topological polar surface area (TPSA) is 84.4 Å². The minimum absolute atomic E-state index is 0.0305. The molecule has 0 saturated heterocycles. The molecule has 0 radical (unpaired) electrons. The van der Waals surface area contributed by atoms with Gasteiger partial charge in [-0.3, -0.25) is 19.5 Å². The number of H-pyrrole nitrogens is 1. The number of nitrogens with zero attached hydrogens (tertiary/aromatic N) is 5. The van der Waals surface area contributed by atoms with Crippen molar-refractivity contribution >= 4 is 5.65 Å². The summed E-state index contributed by atoms with van der Waals surface area (Å²) >= 11 is 0. The Bertz CT molecular complexity index is 1190. The summed E-state index contributed by atoms with van der Waals surface area (Å²) in [5.41, 5.74) is 5.18. The Hall–Kier alpha value is -3.13. The van der Waals surface area contributed by atoms with Gasteiger partial charge in [-0.1, -0.05) is 0 Å². The van der Waals surface area contributed by atoms with Gasteiger partial charge in [-0.2, -0.15) is 5.10 Å². The average molecular weight is 364 g/mol. The number of fused-ring (bicyclic) bond motifs is 2. The van der Waals surface area contributed by atoms with Crippen molar-refractivity contribution in [3.63, 3.8) is 0 Å². The van der Waals surface area contributed by atoms with Crippen LogP contribution in [-0.4, -0.2) is 35.8 Å². The molecule has 5 rings (SSSR count). The molecule has 138 valence electrons. The predicted molar refractivity (Wildman–Crippen MR) is 99.3 cm³/mol. The van der Waals surface area contributed by atoms with Gasteiger partial charge in [0.25, 0.3) is 5.56 Å². The molecule has 1 N–H and O–H groups in total. The Morgan fingerprint density at radius 1 is 1.33 bits per heavy atom. The Morgan fingerprint density at radius 2 is 2.22 bits per heavy atom. The monoisotopic (exact) mass is 364 g/mol. The molecule has 0 spiro atoms. The number of aromatic nitrogens is 5. The largest absolute Gasteiger partial charge is 0.469 e. The van der Waals surface area contributed by atoms with Crippen molar-refractivity contribution in [1.29, 1.82) is 0 Å². The normalized spacial score (nSPS) is 14.7. The Balaban J connectivity index is 1.52. The third-order valence-corrected chi connectivity index (χ3v) is 5.30. The summed E-state index contributed by atoms with van der Waals surface area (Å²) in [6.45, 7) is 4.13. The average Bonchev–Trinajstić information content (AvgIpc) is 3.36. The van der Waals surface area contributed by atoms with E-state index in [2.05, 4.69) is 15.1 Å². The summed E-state index contributed by atoms with van der Waals surface area (Å²) < 4.78 is 8.78. The van der Waals surface area contributed by atoms with Gasteiger partial charge in [-0.15, -0.1) is 0 Å². The van der Waals surface area contributed by atoms with Gasteiger partial charge >= 0.3 is 0 Å². The standard InChI is InChI=1S/C19H20N6O2/c1-12-14(5-8-27-12)17-9-18-21-16-4-7-24(10-13-3-6-20-23(13)2)11-15(16)19(26)25(18)22-17/h3,5-6,8-9,22H,4,7,10-11H2,1-2H3. The van der Waals surface area contributed by atoms with Gasteiger partial charge in [0.2, 0.25) is 0 Å². The molecular weight excluding hydrogens is 344 g/mol. The van der Waals surface area contributed by atoms with E-state index in [1.165, 1.54) is 4.52 Å². The van der Waals surface area contributed by atoms with Crippen LogP contribution in [0.1, 0.15) is 22.7 Å². The van der Waals surface area contributed by atoms with Gasteiger partial charge in [0, 0.05) is 50.9 Å². The fraction of sp³-hybridized carbons (Fsp3) is 0.316. The molecule has 8 heteroatoms. The minimum Gasteiger partial charge on any atom is -0.469 e. The van der Waals surface area contributed by atoms with Gasteiger partial charge in [-0.25, -0.2) is 9.50 Å². The highest BCUT2D eigenvalue weighted by Gasteiger charge is 2.23. The Morgan fingerprint density at radius 3 is 2.96 bits per heavy atom. The summed E-state index contributed by atoms with van der Waals surface area (Å²) in [6, 6.07) is 5.80. The van der Waals surface area contributed by atoms with Crippen LogP contribution in [0.4, 0.5) is 0 Å². The number of hydrogen-bond donors (Lipinski definition) is 1. The van der Waals surface area contributed by atoms with E-state index in [1.54, 1.807) is 12.5 Å². The third kappa shape index (κ3) is 2.60. The van der Waals surface area contributed by atoms with Crippen LogP contribution in [0.5, 0.6) is 0 Å². The van der Waals surface area contributed by atoms with Gasteiger partial charge in [0.1, 0.15) is 5.76 Å². The molecule has 0 saturated carbocycles. The molecule has 0 amide bonds. The maximum absolute atomic E-state index is 13.1. The molecule has 0 bridgehead atoms. The summed E-state index contributed by atoms with van der Waals surface area (Å²) in [7, 11) is 1.94. The second-order valence-corrected chi connectivity index (χ2v) is 7.00. The van der Waals surface area contributed by atoms with E-state index >= 15 is 0 Å². The first-order chi connectivity index (χ1) is 13.1. The van der Waals surface area contributed by atoms with Crippen LogP contribution in [-0.2, 0) is 26.6 Å². The van der Waals surface area contributed by atoms with Crippen LogP contribution in [0.25, 0.3) is 16.9 Å². The lowest BCUT2D eigenvalue weighted by Crippen LogP contribution is -2.36. The zero-order valence-electron chi connectivity index (χ0n) is 15.3. The molecule has 8 nitrogen and oxygen atoms in total. The summed E-state index contributed by atoms with van der Waals surface area (Å²) in [4.78, 5) is 20.1. The highest BCUT2D eigenvalue weighted by Crippen LogP contribution is 2.24. The first-order valence-electron chi connectivity index (χ1n) is 8.97. The number of aromatic amines is 1. The van der Waals surface area contributed by atoms with Crippen LogP contribution >= 0.6 is 0 Å². The van der Waals surface area contributed by atoms with Crippen molar-refractivity contribution in [2.24, 2.45) is 7.05 Å². The fourth-order valence-corrected chi connectivity index (χ4v) is 3.76. The molecule has 0 fully saturated rings. The van der Waals surface area contributed by atoms with Crippen LogP contribution < -0.4 is 5.56 Å². The Labute approximate surface area is 155 Å². The van der Waals surface area contributed by atoms with E-state index in [1.807, 2.05) is 36.9 Å². The lowest BCUT2D eigenvalue weighted by Gasteiger charge is -2.27. The molecule has 4 aromatic heterocycles. The van der Waals surface area contributed by atoms with Gasteiger partial charge < -0.3 is 4.42 Å². The molecule has 0 unspecified atom stereocenters. The molecule has 5 heterocycles. The van der Waals surface area contributed by atoms with E-state index in [0.29, 0.717) is 12.2 Å². The first-order valence-corrected chi connectivity index (χ1v) is 8.97. The van der Waals surface area contributed by atoms with Crippen molar-refractivity contribution < 1.29 is 4.42 Å². The van der Waals surface area contributed by atoms with Crippen molar-refractivity contribution in [3.05, 3.63) is 63.7 Å². The third-order valence-electron chi connectivity index (χ3n) is 5.30. The number of hydrogen-bond acceptors (Lipinski definition) is 5. The molecule has 0 atom stereocenters. The first kappa shape index (κ1) is 16.1. The molecule has 0 aromatic carbocycles. The Kier molecular flexibility index (Phi) is 3.54. The zero-order chi connectivity index (χ0) is 18.5. The van der Waals surface area contributed by atoms with Crippen molar-refractivity contribution in [2.75, 3.05) is 6.54 Å². The molecular formula is C19H20N6O2. The number of aryl methyl sites for hydroxylation is 2. The maximum atomic E-state index is 13.1. The SMILES string of the molecule is Cc1occc1-c1cc2nc3c(c(=O)n2[nH]1)CN(Cc1ccnn1C)CC3. The molecule has 1 aliphatic heterocycles. The highest BCUT2D eigenvalue weighted by atomic mass is 16.3. The highest BCUT2D eigenvalue weighted by molar-refractivity contribution is 5.65. The van der Waals surface area contributed by atoms with Gasteiger partial charge in [0.15, 0.2) is 5.65 Å². The van der Waals surface area contributed by atoms with E-state index in [0.717, 1.165) is 53.5 Å². The molecule has 27 heavy (non-hydrogen) atoms.